The fourth-order valence-electron chi connectivity index (χ4n) is 1.82. The number of nitrogens with zero attached hydrogens (tertiary/aromatic N) is 1. The predicted octanol–water partition coefficient (Wildman–Crippen LogP) is 3.44. The fourth-order valence-corrected chi connectivity index (χ4v) is 1.82. The van der Waals surface area contributed by atoms with Crippen molar-refractivity contribution in [3.8, 4) is 11.1 Å². The summed E-state index contributed by atoms with van der Waals surface area (Å²) in [5, 5.41) is 10.6. The molecule has 0 atom stereocenters. The number of esters is 1. The average Bonchev–Trinajstić information content (AvgIpc) is 2.48. The van der Waals surface area contributed by atoms with Gasteiger partial charge in [0.05, 0.1) is 17.1 Å². The number of carbonyl (C=O) groups excluding carboxylic acids is 1. The number of hydrogen-bond acceptors (Lipinski definition) is 4. The predicted molar refractivity (Wildman–Crippen MR) is 74.5 cm³/mol. The van der Waals surface area contributed by atoms with Crippen LogP contribution in [-0.4, -0.2) is 17.5 Å². The van der Waals surface area contributed by atoms with Gasteiger partial charge in [0.25, 0.3) is 5.69 Å². The molecule has 0 spiro atoms. The summed E-state index contributed by atoms with van der Waals surface area (Å²) in [6.45, 7) is 2.07. The highest BCUT2D eigenvalue weighted by Crippen LogP contribution is 2.23. The maximum absolute atomic E-state index is 11.7. The first-order valence-electron chi connectivity index (χ1n) is 6.14. The van der Waals surface area contributed by atoms with E-state index in [2.05, 4.69) is 0 Å². The van der Waals surface area contributed by atoms with Gasteiger partial charge in [0.1, 0.15) is 0 Å². The molecule has 0 aliphatic heterocycles. The highest BCUT2D eigenvalue weighted by Gasteiger charge is 2.09. The Kier molecular flexibility index (Phi) is 4.10. The molecule has 0 unspecified atom stereocenters. The highest BCUT2D eigenvalue weighted by molar-refractivity contribution is 5.91. The van der Waals surface area contributed by atoms with E-state index in [4.69, 9.17) is 4.74 Å². The summed E-state index contributed by atoms with van der Waals surface area (Å²) >= 11 is 0. The van der Waals surface area contributed by atoms with Crippen LogP contribution in [0.15, 0.2) is 48.5 Å². The highest BCUT2D eigenvalue weighted by atomic mass is 16.6. The number of benzene rings is 2. The van der Waals surface area contributed by atoms with Crippen molar-refractivity contribution in [2.75, 3.05) is 6.61 Å². The van der Waals surface area contributed by atoms with Gasteiger partial charge in [-0.05, 0) is 42.3 Å². The van der Waals surface area contributed by atoms with Gasteiger partial charge in [-0.1, -0.05) is 12.1 Å². The smallest absolute Gasteiger partial charge is 0.338 e. The van der Waals surface area contributed by atoms with E-state index in [1.165, 1.54) is 12.1 Å². The Hall–Kier alpha value is -2.69. The molecule has 0 aliphatic rings. The zero-order valence-corrected chi connectivity index (χ0v) is 10.9. The largest absolute Gasteiger partial charge is 0.462 e. The standard InChI is InChI=1S/C15H13NO4/c1-2-20-15(17)13-5-3-4-12(10-13)11-6-8-14(9-7-11)16(18)19/h3-10H,2H2,1H3. The molecule has 20 heavy (non-hydrogen) atoms. The van der Waals surface area contributed by atoms with Gasteiger partial charge in [0, 0.05) is 12.1 Å². The van der Waals surface area contributed by atoms with Crippen molar-refractivity contribution in [2.45, 2.75) is 6.92 Å². The minimum Gasteiger partial charge on any atom is -0.462 e. The Labute approximate surface area is 116 Å². The summed E-state index contributed by atoms with van der Waals surface area (Å²) in [6, 6.07) is 13.2. The molecule has 2 aromatic rings. The molecule has 2 aromatic carbocycles. The lowest BCUT2D eigenvalue weighted by molar-refractivity contribution is -0.384. The summed E-state index contributed by atoms with van der Waals surface area (Å²) in [4.78, 5) is 21.8. The lowest BCUT2D eigenvalue weighted by Crippen LogP contribution is -2.04. The monoisotopic (exact) mass is 271 g/mol. The van der Waals surface area contributed by atoms with Gasteiger partial charge < -0.3 is 4.74 Å². The van der Waals surface area contributed by atoms with Gasteiger partial charge in [-0.3, -0.25) is 10.1 Å². The molecule has 0 fully saturated rings. The van der Waals surface area contributed by atoms with E-state index in [9.17, 15) is 14.9 Å². The molecule has 2 rings (SSSR count). The van der Waals surface area contributed by atoms with Crippen molar-refractivity contribution in [3.63, 3.8) is 0 Å². The first-order chi connectivity index (χ1) is 9.61. The second kappa shape index (κ2) is 5.97. The maximum atomic E-state index is 11.7. The minimum absolute atomic E-state index is 0.0373. The van der Waals surface area contributed by atoms with Crippen LogP contribution >= 0.6 is 0 Å². The molecule has 102 valence electrons. The third-order valence-electron chi connectivity index (χ3n) is 2.79. The van der Waals surface area contributed by atoms with E-state index in [-0.39, 0.29) is 11.7 Å². The number of ether oxygens (including phenoxy) is 1. The Balaban J connectivity index is 2.31. The molecule has 0 aromatic heterocycles. The van der Waals surface area contributed by atoms with Crippen LogP contribution in [0.2, 0.25) is 0 Å². The van der Waals surface area contributed by atoms with Gasteiger partial charge in [-0.2, -0.15) is 0 Å². The molecule has 0 amide bonds. The van der Waals surface area contributed by atoms with Crippen molar-refractivity contribution in [1.82, 2.24) is 0 Å². The lowest BCUT2D eigenvalue weighted by atomic mass is 10.0. The van der Waals surface area contributed by atoms with Gasteiger partial charge in [0.15, 0.2) is 0 Å². The van der Waals surface area contributed by atoms with E-state index >= 15 is 0 Å². The van der Waals surface area contributed by atoms with Crippen LogP contribution < -0.4 is 0 Å². The molecule has 0 bridgehead atoms. The summed E-state index contributed by atoms with van der Waals surface area (Å²) < 4.78 is 4.94. The van der Waals surface area contributed by atoms with Crippen molar-refractivity contribution in [1.29, 1.82) is 0 Å². The molecular weight excluding hydrogens is 258 g/mol. The number of nitro groups is 1. The van der Waals surface area contributed by atoms with E-state index in [1.807, 2.05) is 6.07 Å². The number of rotatable bonds is 4. The summed E-state index contributed by atoms with van der Waals surface area (Å²) in [6.07, 6.45) is 0. The van der Waals surface area contributed by atoms with Crippen LogP contribution in [0, 0.1) is 10.1 Å². The second-order valence-electron chi connectivity index (χ2n) is 4.11. The van der Waals surface area contributed by atoms with E-state index in [0.717, 1.165) is 11.1 Å². The average molecular weight is 271 g/mol. The van der Waals surface area contributed by atoms with Gasteiger partial charge in [-0.25, -0.2) is 4.79 Å². The first kappa shape index (κ1) is 13.7. The number of carbonyl (C=O) groups is 1. The molecule has 5 heteroatoms. The first-order valence-corrected chi connectivity index (χ1v) is 6.14. The molecule has 0 heterocycles. The fraction of sp³-hybridized carbons (Fsp3) is 0.133. The van der Waals surface area contributed by atoms with Gasteiger partial charge in [-0.15, -0.1) is 0 Å². The third kappa shape index (κ3) is 3.00. The Bertz CT molecular complexity index is 635. The summed E-state index contributed by atoms with van der Waals surface area (Å²) in [5.74, 6) is -0.378. The SMILES string of the molecule is CCOC(=O)c1cccc(-c2ccc([N+](=O)[O-])cc2)c1. The molecule has 0 aliphatic carbocycles. The normalized spacial score (nSPS) is 10.1. The Morgan fingerprint density at radius 3 is 2.45 bits per heavy atom. The Morgan fingerprint density at radius 2 is 1.85 bits per heavy atom. The van der Waals surface area contributed by atoms with Crippen LogP contribution in [0.1, 0.15) is 17.3 Å². The molecule has 0 N–H and O–H groups in total. The van der Waals surface area contributed by atoms with Crippen LogP contribution in [0.25, 0.3) is 11.1 Å². The second-order valence-corrected chi connectivity index (χ2v) is 4.11. The molecule has 0 saturated heterocycles. The molecule has 5 nitrogen and oxygen atoms in total. The van der Waals surface area contributed by atoms with E-state index in [1.54, 1.807) is 37.3 Å². The van der Waals surface area contributed by atoms with Crippen LogP contribution in [-0.2, 0) is 4.74 Å². The molecule has 0 saturated carbocycles. The third-order valence-corrected chi connectivity index (χ3v) is 2.79. The number of hydrogen-bond donors (Lipinski definition) is 0. The van der Waals surface area contributed by atoms with E-state index < -0.39 is 4.92 Å². The topological polar surface area (TPSA) is 69.4 Å². The summed E-state index contributed by atoms with van der Waals surface area (Å²) in [5.41, 5.74) is 2.12. The van der Waals surface area contributed by atoms with Crippen molar-refractivity contribution >= 4 is 11.7 Å². The van der Waals surface area contributed by atoms with Crippen LogP contribution in [0.5, 0.6) is 0 Å². The van der Waals surface area contributed by atoms with Crippen LogP contribution in [0.3, 0.4) is 0 Å². The van der Waals surface area contributed by atoms with Crippen LogP contribution in [0.4, 0.5) is 5.69 Å². The molecule has 0 radical (unpaired) electrons. The number of nitro benzene ring substituents is 1. The zero-order valence-electron chi connectivity index (χ0n) is 10.9. The lowest BCUT2D eigenvalue weighted by Gasteiger charge is -2.05. The van der Waals surface area contributed by atoms with Crippen molar-refractivity contribution in [2.24, 2.45) is 0 Å². The quantitative estimate of drug-likeness (QED) is 0.485. The van der Waals surface area contributed by atoms with Crippen molar-refractivity contribution in [3.05, 3.63) is 64.2 Å². The Morgan fingerprint density at radius 1 is 1.15 bits per heavy atom. The van der Waals surface area contributed by atoms with Gasteiger partial charge >= 0.3 is 5.97 Å². The summed E-state index contributed by atoms with van der Waals surface area (Å²) in [7, 11) is 0. The zero-order chi connectivity index (χ0) is 14.5. The molecular formula is C15H13NO4. The number of non-ortho nitro benzene ring substituents is 1. The maximum Gasteiger partial charge on any atom is 0.338 e. The minimum atomic E-state index is -0.446. The van der Waals surface area contributed by atoms with E-state index in [0.29, 0.717) is 12.2 Å². The van der Waals surface area contributed by atoms with Gasteiger partial charge in [0.2, 0.25) is 0 Å². The van der Waals surface area contributed by atoms with Crippen molar-refractivity contribution < 1.29 is 14.5 Å².